The van der Waals surface area contributed by atoms with Crippen molar-refractivity contribution in [1.82, 2.24) is 0 Å². The smallest absolute Gasteiger partial charge is 0.172 e. The number of sulfone groups is 2. The number of rotatable bonds is 3. The quantitative estimate of drug-likeness (QED) is 0.618. The minimum Gasteiger partial charge on any atom is -0.229 e. The van der Waals surface area contributed by atoms with Gasteiger partial charge in [0.05, 0.1) is 10.7 Å². The van der Waals surface area contributed by atoms with E-state index in [4.69, 9.17) is 0 Å². The Morgan fingerprint density at radius 2 is 1.55 bits per heavy atom. The Morgan fingerprint density at radius 3 is 1.64 bits per heavy atom. The van der Waals surface area contributed by atoms with Crippen molar-refractivity contribution in [2.24, 2.45) is 0 Å². The first-order chi connectivity index (χ1) is 4.63. The van der Waals surface area contributed by atoms with E-state index in [1.165, 1.54) is 0 Å². The standard InChI is InChI=1S/C5H10O4S2/c1-5(11(3,8)9)4-10(2,6)7/h1,4H2,2-3H3. The highest BCUT2D eigenvalue weighted by molar-refractivity contribution is 7.97. The van der Waals surface area contributed by atoms with E-state index in [9.17, 15) is 16.8 Å². The molecule has 0 saturated carbocycles. The fourth-order valence-corrected chi connectivity index (χ4v) is 2.48. The van der Waals surface area contributed by atoms with Crippen molar-refractivity contribution in [1.29, 1.82) is 0 Å². The SMILES string of the molecule is C=C(CS(C)(=O)=O)S(C)(=O)=O. The summed E-state index contributed by atoms with van der Waals surface area (Å²) < 4.78 is 42.4. The first-order valence-corrected chi connectivity index (χ1v) is 6.63. The second kappa shape index (κ2) is 2.94. The van der Waals surface area contributed by atoms with E-state index >= 15 is 0 Å². The molecule has 0 rings (SSSR count). The average molecular weight is 198 g/mol. The van der Waals surface area contributed by atoms with Gasteiger partial charge in [-0.3, -0.25) is 0 Å². The largest absolute Gasteiger partial charge is 0.229 e. The second-order valence-corrected chi connectivity index (χ2v) is 6.64. The molecule has 0 amide bonds. The highest BCUT2D eigenvalue weighted by atomic mass is 32.2. The van der Waals surface area contributed by atoms with Crippen molar-refractivity contribution in [2.45, 2.75) is 0 Å². The van der Waals surface area contributed by atoms with Crippen molar-refractivity contribution in [3.63, 3.8) is 0 Å². The zero-order valence-electron chi connectivity index (χ0n) is 6.36. The molecule has 6 heteroatoms. The molecule has 0 aromatic carbocycles. The van der Waals surface area contributed by atoms with Gasteiger partial charge in [-0.15, -0.1) is 0 Å². The van der Waals surface area contributed by atoms with Crippen LogP contribution in [0.2, 0.25) is 0 Å². The molecule has 0 spiro atoms. The summed E-state index contributed by atoms with van der Waals surface area (Å²) in [6.45, 7) is 3.14. The Bertz CT molecular complexity index is 346. The van der Waals surface area contributed by atoms with E-state index in [-0.39, 0.29) is 4.91 Å². The van der Waals surface area contributed by atoms with Crippen LogP contribution in [-0.4, -0.2) is 35.1 Å². The summed E-state index contributed by atoms with van der Waals surface area (Å²) in [4.78, 5) is -0.264. The molecule has 0 aromatic rings. The number of hydrogen-bond donors (Lipinski definition) is 0. The molecular weight excluding hydrogens is 188 g/mol. The van der Waals surface area contributed by atoms with Crippen LogP contribution in [0.5, 0.6) is 0 Å². The molecule has 0 fully saturated rings. The Kier molecular flexibility index (Phi) is 2.85. The van der Waals surface area contributed by atoms with Gasteiger partial charge in [-0.05, 0) is 0 Å². The van der Waals surface area contributed by atoms with E-state index in [1.807, 2.05) is 0 Å². The minimum atomic E-state index is -3.41. The molecule has 0 unspecified atom stereocenters. The van der Waals surface area contributed by atoms with E-state index < -0.39 is 25.4 Å². The molecule has 11 heavy (non-hydrogen) atoms. The van der Waals surface area contributed by atoms with Gasteiger partial charge in [-0.2, -0.15) is 0 Å². The molecule has 0 radical (unpaired) electrons. The predicted octanol–water partition coefficient (Wildman–Crippen LogP) is -0.411. The minimum absolute atomic E-state index is 0.264. The average Bonchev–Trinajstić information content (AvgIpc) is 1.56. The molecular formula is C5H10O4S2. The molecule has 0 atom stereocenters. The lowest BCUT2D eigenvalue weighted by Gasteiger charge is -1.99. The molecule has 4 nitrogen and oxygen atoms in total. The van der Waals surface area contributed by atoms with E-state index in [1.54, 1.807) is 0 Å². The normalized spacial score (nSPS) is 12.9. The maximum Gasteiger partial charge on any atom is 0.172 e. The molecule has 0 aromatic heterocycles. The third-order valence-electron chi connectivity index (χ3n) is 0.948. The zero-order chi connectivity index (χ0) is 9.28. The van der Waals surface area contributed by atoms with Gasteiger partial charge in [0.1, 0.15) is 0 Å². The Balaban J connectivity index is 4.62. The topological polar surface area (TPSA) is 68.3 Å². The van der Waals surface area contributed by atoms with Crippen LogP contribution < -0.4 is 0 Å². The summed E-state index contributed by atoms with van der Waals surface area (Å²) in [5.74, 6) is -0.494. The molecule has 0 aliphatic heterocycles. The molecule has 0 heterocycles. The first-order valence-electron chi connectivity index (χ1n) is 2.68. The van der Waals surface area contributed by atoms with Crippen LogP contribution in [0.1, 0.15) is 0 Å². The van der Waals surface area contributed by atoms with Gasteiger partial charge in [0.2, 0.25) is 0 Å². The van der Waals surface area contributed by atoms with Crippen LogP contribution in [0.25, 0.3) is 0 Å². The second-order valence-electron chi connectivity index (χ2n) is 2.38. The molecule has 0 N–H and O–H groups in total. The van der Waals surface area contributed by atoms with Crippen LogP contribution in [-0.2, 0) is 19.7 Å². The predicted molar refractivity (Wildman–Crippen MR) is 43.7 cm³/mol. The molecule has 0 aliphatic carbocycles. The van der Waals surface area contributed by atoms with Crippen LogP contribution in [0, 0.1) is 0 Å². The van der Waals surface area contributed by atoms with Gasteiger partial charge >= 0.3 is 0 Å². The summed E-state index contributed by atoms with van der Waals surface area (Å²) >= 11 is 0. The third-order valence-corrected chi connectivity index (χ3v) is 3.20. The van der Waals surface area contributed by atoms with Gasteiger partial charge in [0.25, 0.3) is 0 Å². The molecule has 0 bridgehead atoms. The third kappa shape index (κ3) is 4.97. The van der Waals surface area contributed by atoms with Gasteiger partial charge in [-0.1, -0.05) is 6.58 Å². The van der Waals surface area contributed by atoms with Gasteiger partial charge in [-0.25, -0.2) is 16.8 Å². The van der Waals surface area contributed by atoms with E-state index in [2.05, 4.69) is 6.58 Å². The van der Waals surface area contributed by atoms with Crippen LogP contribution >= 0.6 is 0 Å². The van der Waals surface area contributed by atoms with Crippen LogP contribution in [0.4, 0.5) is 0 Å². The highest BCUT2D eigenvalue weighted by Crippen LogP contribution is 2.03. The lowest BCUT2D eigenvalue weighted by molar-refractivity contribution is 0.598. The highest BCUT2D eigenvalue weighted by Gasteiger charge is 2.13. The fourth-order valence-electron chi connectivity index (χ4n) is 0.399. The maximum absolute atomic E-state index is 10.6. The molecule has 0 aliphatic rings. The van der Waals surface area contributed by atoms with Crippen LogP contribution in [0.15, 0.2) is 11.5 Å². The lowest BCUT2D eigenvalue weighted by Crippen LogP contribution is -2.11. The van der Waals surface area contributed by atoms with Gasteiger partial charge in [0, 0.05) is 12.5 Å². The summed E-state index contributed by atoms with van der Waals surface area (Å²) in [6, 6.07) is 0. The lowest BCUT2D eigenvalue weighted by atomic mass is 10.7. The van der Waals surface area contributed by atoms with Crippen molar-refractivity contribution >= 4 is 19.7 Å². The Hall–Kier alpha value is -0.360. The zero-order valence-corrected chi connectivity index (χ0v) is 8.00. The van der Waals surface area contributed by atoms with E-state index in [0.717, 1.165) is 12.5 Å². The fraction of sp³-hybridized carbons (Fsp3) is 0.600. The first kappa shape index (κ1) is 10.6. The van der Waals surface area contributed by atoms with E-state index in [0.29, 0.717) is 0 Å². The Morgan fingerprint density at radius 1 is 1.18 bits per heavy atom. The summed E-state index contributed by atoms with van der Waals surface area (Å²) in [5.41, 5.74) is 0. The molecule has 0 saturated heterocycles. The van der Waals surface area contributed by atoms with Crippen molar-refractivity contribution in [2.75, 3.05) is 18.3 Å². The number of hydrogen-bond acceptors (Lipinski definition) is 4. The monoisotopic (exact) mass is 198 g/mol. The van der Waals surface area contributed by atoms with Crippen molar-refractivity contribution < 1.29 is 16.8 Å². The maximum atomic E-state index is 10.6. The summed E-state index contributed by atoms with van der Waals surface area (Å²) in [6.07, 6.45) is 1.89. The Labute approximate surface area is 66.8 Å². The van der Waals surface area contributed by atoms with Crippen LogP contribution in [0.3, 0.4) is 0 Å². The summed E-state index contributed by atoms with van der Waals surface area (Å²) in [7, 11) is -6.69. The van der Waals surface area contributed by atoms with Gasteiger partial charge < -0.3 is 0 Å². The van der Waals surface area contributed by atoms with Gasteiger partial charge in [0.15, 0.2) is 19.7 Å². The molecule has 66 valence electrons. The van der Waals surface area contributed by atoms with Crippen molar-refractivity contribution in [3.8, 4) is 0 Å². The van der Waals surface area contributed by atoms with Crippen molar-refractivity contribution in [3.05, 3.63) is 11.5 Å². The summed E-state index contributed by atoms with van der Waals surface area (Å²) in [5, 5.41) is 0.